The quantitative estimate of drug-likeness (QED) is 0.898. The second-order valence-electron chi connectivity index (χ2n) is 5.32. The average molecular weight is 260 g/mol. The molecule has 0 radical (unpaired) electrons. The largest absolute Gasteiger partial charge is 0.384 e. The molecule has 1 heterocycles. The normalized spacial score (nSPS) is 19.3. The maximum atomic E-state index is 12.7. The highest BCUT2D eigenvalue weighted by Gasteiger charge is 2.25. The van der Waals surface area contributed by atoms with Gasteiger partial charge in [0.25, 0.3) is 5.91 Å². The van der Waals surface area contributed by atoms with E-state index in [0.29, 0.717) is 6.04 Å². The van der Waals surface area contributed by atoms with Crippen LogP contribution in [0.15, 0.2) is 24.3 Å². The molecule has 1 fully saturated rings. The SMILES string of the molecule is CCCNc1ccccc1C(=O)N1CCCCC1C. The Morgan fingerprint density at radius 1 is 1.37 bits per heavy atom. The fourth-order valence-corrected chi connectivity index (χ4v) is 2.64. The fourth-order valence-electron chi connectivity index (χ4n) is 2.64. The number of amides is 1. The van der Waals surface area contributed by atoms with Gasteiger partial charge < -0.3 is 10.2 Å². The van der Waals surface area contributed by atoms with Crippen molar-refractivity contribution in [3.05, 3.63) is 29.8 Å². The number of hydrogen-bond donors (Lipinski definition) is 1. The first-order chi connectivity index (χ1) is 9.24. The molecular weight excluding hydrogens is 236 g/mol. The van der Waals surface area contributed by atoms with Crippen LogP contribution < -0.4 is 5.32 Å². The van der Waals surface area contributed by atoms with Crippen molar-refractivity contribution < 1.29 is 4.79 Å². The van der Waals surface area contributed by atoms with Crippen LogP contribution >= 0.6 is 0 Å². The molecule has 1 saturated heterocycles. The number of nitrogens with zero attached hydrogens (tertiary/aromatic N) is 1. The number of carbonyl (C=O) groups excluding carboxylic acids is 1. The maximum Gasteiger partial charge on any atom is 0.256 e. The Bertz CT molecular complexity index is 431. The zero-order valence-corrected chi connectivity index (χ0v) is 12.0. The Morgan fingerprint density at radius 3 is 2.89 bits per heavy atom. The Labute approximate surface area is 116 Å². The van der Waals surface area contributed by atoms with Gasteiger partial charge in [-0.2, -0.15) is 0 Å². The number of para-hydroxylation sites is 1. The zero-order valence-electron chi connectivity index (χ0n) is 12.0. The maximum absolute atomic E-state index is 12.7. The lowest BCUT2D eigenvalue weighted by atomic mass is 10.0. The highest BCUT2D eigenvalue weighted by molar-refractivity contribution is 5.99. The van der Waals surface area contributed by atoms with Crippen LogP contribution in [0.5, 0.6) is 0 Å². The monoisotopic (exact) mass is 260 g/mol. The summed E-state index contributed by atoms with van der Waals surface area (Å²) in [7, 11) is 0. The summed E-state index contributed by atoms with van der Waals surface area (Å²) < 4.78 is 0. The van der Waals surface area contributed by atoms with Crippen LogP contribution in [0.4, 0.5) is 5.69 Å². The molecule has 1 aromatic carbocycles. The Kier molecular flexibility index (Phi) is 4.83. The molecule has 1 N–H and O–H groups in total. The Balaban J connectivity index is 2.17. The van der Waals surface area contributed by atoms with E-state index in [0.717, 1.165) is 43.6 Å². The Hall–Kier alpha value is -1.51. The predicted molar refractivity (Wildman–Crippen MR) is 79.6 cm³/mol. The summed E-state index contributed by atoms with van der Waals surface area (Å²) in [5.74, 6) is 0.173. The van der Waals surface area contributed by atoms with Gasteiger partial charge >= 0.3 is 0 Å². The second kappa shape index (κ2) is 6.60. The molecular formula is C16H24N2O. The van der Waals surface area contributed by atoms with E-state index in [1.165, 1.54) is 6.42 Å². The average Bonchev–Trinajstić information content (AvgIpc) is 2.45. The molecule has 1 aliphatic heterocycles. The van der Waals surface area contributed by atoms with Crippen LogP contribution in [0.25, 0.3) is 0 Å². The predicted octanol–water partition coefficient (Wildman–Crippen LogP) is 3.52. The minimum atomic E-state index is 0.173. The van der Waals surface area contributed by atoms with Crippen LogP contribution in [0.3, 0.4) is 0 Å². The van der Waals surface area contributed by atoms with Crippen LogP contribution in [-0.2, 0) is 0 Å². The Morgan fingerprint density at radius 2 is 2.16 bits per heavy atom. The van der Waals surface area contributed by atoms with Crippen LogP contribution in [0.1, 0.15) is 49.9 Å². The van der Waals surface area contributed by atoms with E-state index in [1.807, 2.05) is 29.2 Å². The summed E-state index contributed by atoms with van der Waals surface area (Å²) in [6, 6.07) is 8.22. The molecule has 1 atom stereocenters. The number of anilines is 1. The fraction of sp³-hybridized carbons (Fsp3) is 0.562. The van der Waals surface area contributed by atoms with E-state index in [1.54, 1.807) is 0 Å². The number of rotatable bonds is 4. The van der Waals surface area contributed by atoms with E-state index in [9.17, 15) is 4.79 Å². The van der Waals surface area contributed by atoms with Gasteiger partial charge in [-0.3, -0.25) is 4.79 Å². The van der Waals surface area contributed by atoms with Gasteiger partial charge in [-0.05, 0) is 44.7 Å². The van der Waals surface area contributed by atoms with Gasteiger partial charge in [0, 0.05) is 24.8 Å². The lowest BCUT2D eigenvalue weighted by Gasteiger charge is -2.34. The van der Waals surface area contributed by atoms with Gasteiger partial charge in [-0.15, -0.1) is 0 Å². The molecule has 3 nitrogen and oxygen atoms in total. The zero-order chi connectivity index (χ0) is 13.7. The summed E-state index contributed by atoms with van der Waals surface area (Å²) in [5.41, 5.74) is 1.77. The summed E-state index contributed by atoms with van der Waals surface area (Å²) in [4.78, 5) is 14.7. The van der Waals surface area contributed by atoms with Crippen molar-refractivity contribution in [2.24, 2.45) is 0 Å². The van der Waals surface area contributed by atoms with Gasteiger partial charge in [0.15, 0.2) is 0 Å². The molecule has 0 spiro atoms. The third-order valence-electron chi connectivity index (χ3n) is 3.79. The molecule has 1 aliphatic rings. The third kappa shape index (κ3) is 3.28. The van der Waals surface area contributed by atoms with Gasteiger partial charge in [0.2, 0.25) is 0 Å². The smallest absolute Gasteiger partial charge is 0.256 e. The molecule has 0 saturated carbocycles. The second-order valence-corrected chi connectivity index (χ2v) is 5.32. The van der Waals surface area contributed by atoms with Crippen molar-refractivity contribution in [2.75, 3.05) is 18.4 Å². The minimum Gasteiger partial charge on any atom is -0.384 e. The van der Waals surface area contributed by atoms with E-state index in [2.05, 4.69) is 19.2 Å². The van der Waals surface area contributed by atoms with Crippen LogP contribution in [-0.4, -0.2) is 29.9 Å². The van der Waals surface area contributed by atoms with Crippen molar-refractivity contribution in [1.29, 1.82) is 0 Å². The first kappa shape index (κ1) is 13.9. The van der Waals surface area contributed by atoms with Crippen molar-refractivity contribution in [3.8, 4) is 0 Å². The lowest BCUT2D eigenvalue weighted by Crippen LogP contribution is -2.42. The molecule has 0 aromatic heterocycles. The number of likely N-dealkylation sites (tertiary alicyclic amines) is 1. The number of benzene rings is 1. The molecule has 2 rings (SSSR count). The number of hydrogen-bond acceptors (Lipinski definition) is 2. The van der Waals surface area contributed by atoms with E-state index in [4.69, 9.17) is 0 Å². The molecule has 3 heteroatoms. The minimum absolute atomic E-state index is 0.173. The lowest BCUT2D eigenvalue weighted by molar-refractivity contribution is 0.0636. The third-order valence-corrected chi connectivity index (χ3v) is 3.79. The standard InChI is InChI=1S/C16H24N2O/c1-3-11-17-15-10-5-4-9-14(15)16(19)18-12-7-6-8-13(18)2/h4-5,9-10,13,17H,3,6-8,11-12H2,1-2H3. The van der Waals surface area contributed by atoms with Crippen LogP contribution in [0, 0.1) is 0 Å². The molecule has 19 heavy (non-hydrogen) atoms. The van der Waals surface area contributed by atoms with Crippen molar-refractivity contribution in [1.82, 2.24) is 4.90 Å². The van der Waals surface area contributed by atoms with Gasteiger partial charge in [-0.25, -0.2) is 0 Å². The first-order valence-corrected chi connectivity index (χ1v) is 7.38. The summed E-state index contributed by atoms with van der Waals surface area (Å²) in [5, 5.41) is 3.35. The van der Waals surface area contributed by atoms with E-state index in [-0.39, 0.29) is 5.91 Å². The summed E-state index contributed by atoms with van der Waals surface area (Å²) in [6.45, 7) is 6.07. The number of piperidine rings is 1. The first-order valence-electron chi connectivity index (χ1n) is 7.38. The topological polar surface area (TPSA) is 32.3 Å². The van der Waals surface area contributed by atoms with Gasteiger partial charge in [0.1, 0.15) is 0 Å². The highest BCUT2D eigenvalue weighted by atomic mass is 16.2. The molecule has 1 amide bonds. The molecule has 1 aromatic rings. The van der Waals surface area contributed by atoms with Crippen molar-refractivity contribution in [2.45, 2.75) is 45.6 Å². The summed E-state index contributed by atoms with van der Waals surface area (Å²) >= 11 is 0. The van der Waals surface area contributed by atoms with Crippen LogP contribution in [0.2, 0.25) is 0 Å². The van der Waals surface area contributed by atoms with Crippen molar-refractivity contribution >= 4 is 11.6 Å². The van der Waals surface area contributed by atoms with Crippen molar-refractivity contribution in [3.63, 3.8) is 0 Å². The number of nitrogens with one attached hydrogen (secondary N) is 1. The molecule has 0 bridgehead atoms. The molecule has 104 valence electrons. The van der Waals surface area contributed by atoms with Gasteiger partial charge in [-0.1, -0.05) is 19.1 Å². The van der Waals surface area contributed by atoms with E-state index < -0.39 is 0 Å². The number of carbonyl (C=O) groups is 1. The highest BCUT2D eigenvalue weighted by Crippen LogP contribution is 2.23. The molecule has 0 aliphatic carbocycles. The summed E-state index contributed by atoms with van der Waals surface area (Å²) in [6.07, 6.45) is 4.54. The van der Waals surface area contributed by atoms with E-state index >= 15 is 0 Å². The molecule has 1 unspecified atom stereocenters. The van der Waals surface area contributed by atoms with Gasteiger partial charge in [0.05, 0.1) is 5.56 Å².